The van der Waals surface area contributed by atoms with Crippen molar-refractivity contribution in [1.82, 2.24) is 4.74 Å². The summed E-state index contributed by atoms with van der Waals surface area (Å²) in [5.41, 5.74) is -15.9. The largest absolute Gasteiger partial charge is 0.517 e. The molecule has 0 N–H and O–H groups in total. The molecular formula is C19H20F6N2O7S2. The molecule has 1 aromatic heterocycles. The predicted octanol–water partition coefficient (Wildman–Crippen LogP) is 3.59. The summed E-state index contributed by atoms with van der Waals surface area (Å²) in [5, 5.41) is 0. The van der Waals surface area contributed by atoms with Crippen molar-refractivity contribution >= 4 is 25.7 Å². The molecule has 1 aromatic carbocycles. The summed E-state index contributed by atoms with van der Waals surface area (Å²) < 4.78 is 138. The Labute approximate surface area is 201 Å². The van der Waals surface area contributed by atoms with Gasteiger partial charge in [-0.3, -0.25) is 0 Å². The molecule has 36 heavy (non-hydrogen) atoms. The van der Waals surface area contributed by atoms with E-state index in [9.17, 15) is 48.0 Å². The van der Waals surface area contributed by atoms with E-state index in [1.54, 1.807) is 0 Å². The number of alkyl halides is 6. The fourth-order valence-corrected chi connectivity index (χ4v) is 6.86. The fraction of sp³-hybridized carbons (Fsp3) is 0.526. The van der Waals surface area contributed by atoms with Crippen LogP contribution in [0.3, 0.4) is 0 Å². The normalized spacial score (nSPS) is 19.6. The second-order valence-electron chi connectivity index (χ2n) is 7.95. The minimum absolute atomic E-state index is 0.174. The van der Waals surface area contributed by atoms with Gasteiger partial charge in [0.05, 0.1) is 29.1 Å². The third-order valence-corrected chi connectivity index (χ3v) is 9.41. The first-order chi connectivity index (χ1) is 16.4. The monoisotopic (exact) mass is 566 g/mol. The van der Waals surface area contributed by atoms with E-state index in [1.165, 1.54) is 18.8 Å². The van der Waals surface area contributed by atoms with Crippen molar-refractivity contribution in [2.24, 2.45) is 0 Å². The highest BCUT2D eigenvalue weighted by atomic mass is 32.3. The lowest BCUT2D eigenvalue weighted by Crippen LogP contribution is -2.49. The first-order valence-electron chi connectivity index (χ1n) is 10.2. The summed E-state index contributed by atoms with van der Waals surface area (Å²) in [6.45, 7) is 1.42. The highest BCUT2D eigenvalue weighted by Gasteiger charge is 2.62. The van der Waals surface area contributed by atoms with Gasteiger partial charge in [0.1, 0.15) is 0 Å². The highest BCUT2D eigenvalue weighted by Crippen LogP contribution is 2.41. The van der Waals surface area contributed by atoms with Crippen LogP contribution >= 0.6 is 0 Å². The van der Waals surface area contributed by atoms with Gasteiger partial charge in [-0.1, -0.05) is 18.2 Å². The molecule has 0 aliphatic heterocycles. The maximum absolute atomic E-state index is 13.3. The molecule has 2 unspecified atom stereocenters. The molecule has 3 rings (SSSR count). The van der Waals surface area contributed by atoms with Crippen LogP contribution in [0.25, 0.3) is 0 Å². The number of methoxy groups -OCH3 is 1. The van der Waals surface area contributed by atoms with E-state index in [2.05, 4.69) is 0 Å². The maximum atomic E-state index is 13.3. The summed E-state index contributed by atoms with van der Waals surface area (Å²) in [6.07, 6.45) is 0.916. The number of ether oxygens (including phenoxy) is 1. The second kappa shape index (κ2) is 9.41. The molecule has 1 aliphatic rings. The van der Waals surface area contributed by atoms with Gasteiger partial charge in [-0.2, -0.15) is 43.2 Å². The van der Waals surface area contributed by atoms with Crippen LogP contribution in [0.5, 0.6) is 0 Å². The predicted molar refractivity (Wildman–Crippen MR) is 113 cm³/mol. The highest BCUT2D eigenvalue weighted by molar-refractivity contribution is 8.11. The quantitative estimate of drug-likeness (QED) is 0.471. The third-order valence-electron chi connectivity index (χ3n) is 5.79. The topological polar surface area (TPSA) is 116 Å². The molecule has 2 aromatic rings. The number of aromatic nitrogens is 1. The third kappa shape index (κ3) is 4.74. The lowest BCUT2D eigenvalue weighted by molar-refractivity contribution is -0.0462. The molecule has 9 nitrogen and oxygen atoms in total. The van der Waals surface area contributed by atoms with E-state index in [-0.39, 0.29) is 17.4 Å². The minimum atomic E-state index is -7.08. The van der Waals surface area contributed by atoms with Crippen molar-refractivity contribution in [2.45, 2.75) is 55.8 Å². The molecule has 0 spiro atoms. The Balaban J connectivity index is 2.18. The van der Waals surface area contributed by atoms with Gasteiger partial charge in [-0.25, -0.2) is 9.53 Å². The second-order valence-corrected chi connectivity index (χ2v) is 11.7. The number of para-hydroxylation sites is 1. The van der Waals surface area contributed by atoms with Gasteiger partial charge in [0.25, 0.3) is 0 Å². The summed E-state index contributed by atoms with van der Waals surface area (Å²) >= 11 is 0. The molecule has 0 saturated heterocycles. The van der Waals surface area contributed by atoms with E-state index in [0.29, 0.717) is 18.9 Å². The van der Waals surface area contributed by atoms with Crippen molar-refractivity contribution < 1.29 is 52.4 Å². The SMILES string of the molecule is COC1CCCC1n1oc(=O)c(Cc2ccccc2N(S(=O)(=O)C(F)(F)F)S(=O)(=O)C(F)(F)F)c1C. The average Bonchev–Trinajstić information content (AvgIpc) is 3.32. The number of sulfonamides is 2. The zero-order chi connectivity index (χ0) is 27.3. The van der Waals surface area contributed by atoms with E-state index in [4.69, 9.17) is 9.26 Å². The number of hydrogen-bond donors (Lipinski definition) is 0. The van der Waals surface area contributed by atoms with E-state index in [0.717, 1.165) is 24.6 Å². The molecule has 0 radical (unpaired) electrons. The van der Waals surface area contributed by atoms with Gasteiger partial charge in [-0.05, 0) is 37.8 Å². The van der Waals surface area contributed by atoms with Gasteiger partial charge in [-0.15, -0.1) is 3.71 Å². The summed E-state index contributed by atoms with van der Waals surface area (Å²) in [7, 11) is -12.7. The number of anilines is 1. The van der Waals surface area contributed by atoms with Crippen LogP contribution in [0.1, 0.15) is 42.1 Å². The molecule has 0 amide bonds. The Hall–Kier alpha value is -2.53. The maximum Gasteiger partial charge on any atom is 0.517 e. The summed E-state index contributed by atoms with van der Waals surface area (Å²) in [5.74, 6) is 0. The first-order valence-corrected chi connectivity index (χ1v) is 13.1. The Morgan fingerprint density at radius 1 is 1.03 bits per heavy atom. The van der Waals surface area contributed by atoms with Crippen LogP contribution in [0, 0.1) is 6.92 Å². The molecule has 2 atom stereocenters. The lowest BCUT2D eigenvalue weighted by Gasteiger charge is -2.27. The van der Waals surface area contributed by atoms with Gasteiger partial charge in [0.2, 0.25) is 0 Å². The minimum Gasteiger partial charge on any atom is -0.379 e. The molecule has 1 aliphatic carbocycles. The molecule has 202 valence electrons. The Bertz CT molecular complexity index is 1350. The fourth-order valence-electron chi connectivity index (χ4n) is 4.06. The van der Waals surface area contributed by atoms with Crippen LogP contribution in [-0.2, 0) is 31.2 Å². The first kappa shape index (κ1) is 28.0. The summed E-state index contributed by atoms with van der Waals surface area (Å²) in [6, 6.07) is 2.95. The standard InChI is InChI=1S/C19H20F6N2O7S2/c1-11-13(17(28)34-26(11)15-8-5-9-16(15)33-2)10-12-6-3-4-7-14(12)27(35(29,30)18(20,21)22)36(31,32)19(23,24)25/h3-4,6-7,15-16H,5,8-10H2,1-2H3. The van der Waals surface area contributed by atoms with Crippen molar-refractivity contribution in [3.05, 3.63) is 51.5 Å². The Morgan fingerprint density at radius 2 is 1.58 bits per heavy atom. The van der Waals surface area contributed by atoms with Crippen molar-refractivity contribution in [1.29, 1.82) is 0 Å². The van der Waals surface area contributed by atoms with Gasteiger partial charge in [0, 0.05) is 13.5 Å². The Morgan fingerprint density at radius 3 is 2.11 bits per heavy atom. The van der Waals surface area contributed by atoms with Crippen molar-refractivity contribution in [2.75, 3.05) is 10.8 Å². The van der Waals surface area contributed by atoms with Gasteiger partial charge in [0.15, 0.2) is 0 Å². The number of nitrogens with zero attached hydrogens (tertiary/aromatic N) is 2. The van der Waals surface area contributed by atoms with E-state index < -0.39 is 64.1 Å². The molecular weight excluding hydrogens is 546 g/mol. The number of halogens is 6. The van der Waals surface area contributed by atoms with Crippen LogP contribution in [-0.4, -0.2) is 45.8 Å². The van der Waals surface area contributed by atoms with Crippen LogP contribution < -0.4 is 9.34 Å². The smallest absolute Gasteiger partial charge is 0.379 e. The number of benzene rings is 1. The van der Waals surface area contributed by atoms with Crippen molar-refractivity contribution in [3.63, 3.8) is 0 Å². The molecule has 17 heteroatoms. The van der Waals surface area contributed by atoms with Crippen LogP contribution in [0.2, 0.25) is 0 Å². The average molecular weight is 566 g/mol. The molecule has 1 heterocycles. The zero-order valence-corrected chi connectivity index (χ0v) is 20.3. The zero-order valence-electron chi connectivity index (χ0n) is 18.6. The van der Waals surface area contributed by atoms with E-state index >= 15 is 0 Å². The summed E-state index contributed by atoms with van der Waals surface area (Å²) in [4.78, 5) is 12.6. The van der Waals surface area contributed by atoms with Gasteiger partial charge < -0.3 is 9.26 Å². The van der Waals surface area contributed by atoms with Crippen LogP contribution in [0.15, 0.2) is 33.6 Å². The molecule has 1 fully saturated rings. The Kier molecular flexibility index (Phi) is 7.33. The molecule has 1 saturated carbocycles. The van der Waals surface area contributed by atoms with Crippen molar-refractivity contribution in [3.8, 4) is 0 Å². The number of rotatable bonds is 7. The van der Waals surface area contributed by atoms with E-state index in [1.807, 2.05) is 0 Å². The lowest BCUT2D eigenvalue weighted by atomic mass is 10.0. The number of hydrogen-bond acceptors (Lipinski definition) is 7. The molecule has 0 bridgehead atoms. The van der Waals surface area contributed by atoms with Crippen LogP contribution in [0.4, 0.5) is 32.0 Å². The van der Waals surface area contributed by atoms with Gasteiger partial charge >= 0.3 is 36.7 Å².